The Morgan fingerprint density at radius 2 is 1.73 bits per heavy atom. The van der Waals surface area contributed by atoms with Crippen molar-refractivity contribution in [2.75, 3.05) is 0 Å². The average Bonchev–Trinajstić information content (AvgIpc) is 2.56. The Labute approximate surface area is 97.4 Å². The van der Waals surface area contributed by atoms with Crippen LogP contribution in [0.3, 0.4) is 0 Å². The maximum absolute atomic E-state index is 5.90. The van der Waals surface area contributed by atoms with Gasteiger partial charge in [-0.1, -0.05) is 44.0 Å². The van der Waals surface area contributed by atoms with Crippen LogP contribution < -0.4 is 0 Å². The molecular weight excluding hydrogens is 235 g/mol. The predicted molar refractivity (Wildman–Crippen MR) is 60.5 cm³/mol. The number of halogens is 2. The fourth-order valence-electron chi connectivity index (χ4n) is 1.25. The number of fused-ring (bicyclic) bond motifs is 1. The molecule has 0 aliphatic rings. The predicted octanol–water partition coefficient (Wildman–Crippen LogP) is 3.83. The molecule has 80 valence electrons. The summed E-state index contributed by atoms with van der Waals surface area (Å²) < 4.78 is 5.63. The number of rotatable bonds is 0. The molecule has 0 spiro atoms. The van der Waals surface area contributed by atoms with E-state index in [1.54, 1.807) is 0 Å². The topological polar surface area (TPSA) is 38.9 Å². The fraction of sp³-hybridized carbons (Fsp3) is 0.400. The van der Waals surface area contributed by atoms with Gasteiger partial charge in [0.1, 0.15) is 5.76 Å². The molecule has 0 saturated carbocycles. The minimum absolute atomic E-state index is 0.0916. The van der Waals surface area contributed by atoms with Gasteiger partial charge >= 0.3 is 0 Å². The van der Waals surface area contributed by atoms with E-state index in [0.29, 0.717) is 16.1 Å². The number of hydrogen-bond donors (Lipinski definition) is 0. The zero-order valence-electron chi connectivity index (χ0n) is 8.64. The van der Waals surface area contributed by atoms with Gasteiger partial charge in [0.15, 0.2) is 15.9 Å². The van der Waals surface area contributed by atoms with Crippen molar-refractivity contribution in [2.24, 2.45) is 0 Å². The Bertz CT molecular complexity index is 475. The number of nitrogens with zero attached hydrogens (tertiary/aromatic N) is 2. The molecule has 2 heterocycles. The van der Waals surface area contributed by atoms with E-state index in [4.69, 9.17) is 27.6 Å². The third-order valence-electron chi connectivity index (χ3n) is 2.11. The summed E-state index contributed by atoms with van der Waals surface area (Å²) in [6.45, 7) is 6.15. The first-order valence-electron chi connectivity index (χ1n) is 4.51. The highest BCUT2D eigenvalue weighted by molar-refractivity contribution is 6.37. The van der Waals surface area contributed by atoms with Crippen molar-refractivity contribution >= 4 is 34.2 Å². The molecule has 0 N–H and O–H groups in total. The van der Waals surface area contributed by atoms with Gasteiger partial charge in [0.2, 0.25) is 0 Å². The van der Waals surface area contributed by atoms with E-state index in [-0.39, 0.29) is 10.6 Å². The van der Waals surface area contributed by atoms with Crippen molar-refractivity contribution in [2.45, 2.75) is 26.2 Å². The lowest BCUT2D eigenvalue weighted by Crippen LogP contribution is -2.08. The highest BCUT2D eigenvalue weighted by atomic mass is 35.5. The SMILES string of the molecule is CC(C)(C)c1cc2c(Cl)nnc(Cl)c2o1. The standard InChI is InChI=1S/C10H10Cl2N2O/c1-10(2,3)6-4-5-7(15-6)9(12)14-13-8(5)11/h4H,1-3H3. The highest BCUT2D eigenvalue weighted by Gasteiger charge is 2.21. The van der Waals surface area contributed by atoms with E-state index in [0.717, 1.165) is 5.76 Å². The Morgan fingerprint density at radius 3 is 2.27 bits per heavy atom. The summed E-state index contributed by atoms with van der Waals surface area (Å²) >= 11 is 11.8. The second-order valence-corrected chi connectivity index (χ2v) is 5.10. The first-order chi connectivity index (χ1) is 6.89. The van der Waals surface area contributed by atoms with E-state index in [1.165, 1.54) is 0 Å². The molecule has 15 heavy (non-hydrogen) atoms. The van der Waals surface area contributed by atoms with Gasteiger partial charge in [-0.15, -0.1) is 10.2 Å². The molecule has 0 aromatic carbocycles. The van der Waals surface area contributed by atoms with Crippen molar-refractivity contribution < 1.29 is 4.42 Å². The van der Waals surface area contributed by atoms with Crippen molar-refractivity contribution in [1.29, 1.82) is 0 Å². The average molecular weight is 245 g/mol. The quantitative estimate of drug-likeness (QED) is 0.708. The van der Waals surface area contributed by atoms with Crippen LogP contribution in [0.15, 0.2) is 10.5 Å². The summed E-state index contributed by atoms with van der Waals surface area (Å²) in [5, 5.41) is 8.68. The van der Waals surface area contributed by atoms with Gasteiger partial charge in [0.25, 0.3) is 0 Å². The van der Waals surface area contributed by atoms with Gasteiger partial charge in [0, 0.05) is 5.41 Å². The second kappa shape index (κ2) is 3.35. The van der Waals surface area contributed by atoms with Crippen molar-refractivity contribution in [3.63, 3.8) is 0 Å². The first-order valence-corrected chi connectivity index (χ1v) is 5.27. The van der Waals surface area contributed by atoms with Crippen LogP contribution in [-0.4, -0.2) is 10.2 Å². The van der Waals surface area contributed by atoms with Crippen molar-refractivity contribution in [3.05, 3.63) is 22.1 Å². The molecular formula is C10H10Cl2N2O. The Hall–Kier alpha value is -0.800. The summed E-state index contributed by atoms with van der Waals surface area (Å²) in [6, 6.07) is 1.86. The minimum atomic E-state index is -0.0916. The van der Waals surface area contributed by atoms with Crippen LogP contribution in [0.5, 0.6) is 0 Å². The van der Waals surface area contributed by atoms with Crippen molar-refractivity contribution in [1.82, 2.24) is 10.2 Å². The molecule has 0 unspecified atom stereocenters. The van der Waals surface area contributed by atoms with Crippen LogP contribution in [0.2, 0.25) is 10.3 Å². The zero-order chi connectivity index (χ0) is 11.2. The van der Waals surface area contributed by atoms with E-state index >= 15 is 0 Å². The number of hydrogen-bond acceptors (Lipinski definition) is 3. The fourth-order valence-corrected chi connectivity index (χ4v) is 1.61. The molecule has 0 aliphatic heterocycles. The van der Waals surface area contributed by atoms with Gasteiger partial charge in [-0.3, -0.25) is 0 Å². The molecule has 2 rings (SSSR count). The molecule has 0 amide bonds. The maximum atomic E-state index is 5.90. The molecule has 0 radical (unpaired) electrons. The van der Waals surface area contributed by atoms with Crippen LogP contribution in [0.4, 0.5) is 0 Å². The third kappa shape index (κ3) is 1.82. The molecule has 3 nitrogen and oxygen atoms in total. The Kier molecular flexibility index (Phi) is 2.40. The second-order valence-electron chi connectivity index (χ2n) is 4.39. The van der Waals surface area contributed by atoms with Crippen LogP contribution >= 0.6 is 23.2 Å². The van der Waals surface area contributed by atoms with Crippen LogP contribution in [-0.2, 0) is 5.41 Å². The lowest BCUT2D eigenvalue weighted by Gasteiger charge is -2.13. The normalized spacial score (nSPS) is 12.3. The summed E-state index contributed by atoms with van der Waals surface area (Å²) in [7, 11) is 0. The maximum Gasteiger partial charge on any atom is 0.195 e. The van der Waals surface area contributed by atoms with E-state index in [1.807, 2.05) is 26.8 Å². The van der Waals surface area contributed by atoms with Gasteiger partial charge in [-0.05, 0) is 6.07 Å². The molecule has 0 atom stereocenters. The summed E-state index contributed by atoms with van der Waals surface area (Å²) in [5.74, 6) is 0.816. The number of furan rings is 1. The van der Waals surface area contributed by atoms with E-state index in [2.05, 4.69) is 10.2 Å². The van der Waals surface area contributed by atoms with E-state index in [9.17, 15) is 0 Å². The lowest BCUT2D eigenvalue weighted by atomic mass is 9.93. The molecule has 5 heteroatoms. The van der Waals surface area contributed by atoms with Gasteiger partial charge in [-0.25, -0.2) is 0 Å². The molecule has 0 bridgehead atoms. The number of aromatic nitrogens is 2. The Balaban J connectivity index is 2.76. The highest BCUT2D eigenvalue weighted by Crippen LogP contribution is 2.34. The van der Waals surface area contributed by atoms with Crippen LogP contribution in [0, 0.1) is 0 Å². The van der Waals surface area contributed by atoms with Gasteiger partial charge < -0.3 is 4.42 Å². The summed E-state index contributed by atoms with van der Waals surface area (Å²) in [5.41, 5.74) is 0.410. The van der Waals surface area contributed by atoms with Gasteiger partial charge in [-0.2, -0.15) is 0 Å². The summed E-state index contributed by atoms with van der Waals surface area (Å²) in [6.07, 6.45) is 0. The molecule has 0 saturated heterocycles. The Morgan fingerprint density at radius 1 is 1.13 bits per heavy atom. The zero-order valence-corrected chi connectivity index (χ0v) is 10.1. The molecule has 2 aromatic heterocycles. The minimum Gasteiger partial charge on any atom is -0.457 e. The lowest BCUT2D eigenvalue weighted by molar-refractivity contribution is 0.429. The largest absolute Gasteiger partial charge is 0.457 e. The molecule has 2 aromatic rings. The molecule has 0 aliphatic carbocycles. The van der Waals surface area contributed by atoms with Crippen LogP contribution in [0.1, 0.15) is 26.5 Å². The smallest absolute Gasteiger partial charge is 0.195 e. The van der Waals surface area contributed by atoms with Crippen molar-refractivity contribution in [3.8, 4) is 0 Å². The summed E-state index contributed by atoms with van der Waals surface area (Å²) in [4.78, 5) is 0. The first kappa shape index (κ1) is 10.7. The third-order valence-corrected chi connectivity index (χ3v) is 2.63. The van der Waals surface area contributed by atoms with E-state index < -0.39 is 0 Å². The monoisotopic (exact) mass is 244 g/mol. The molecule has 0 fully saturated rings. The van der Waals surface area contributed by atoms with Gasteiger partial charge in [0.05, 0.1) is 5.39 Å². The van der Waals surface area contributed by atoms with Crippen LogP contribution in [0.25, 0.3) is 11.0 Å².